The zero-order chi connectivity index (χ0) is 12.1. The second-order valence-corrected chi connectivity index (χ2v) is 4.07. The smallest absolute Gasteiger partial charge is 0.251 e. The predicted octanol–water partition coefficient (Wildman–Crippen LogP) is 0.213. The molecule has 6 heteroatoms. The quantitative estimate of drug-likeness (QED) is 0.664. The van der Waals surface area contributed by atoms with Crippen LogP contribution in [0.2, 0.25) is 0 Å². The van der Waals surface area contributed by atoms with E-state index in [4.69, 9.17) is 5.11 Å². The summed E-state index contributed by atoms with van der Waals surface area (Å²) in [7, 11) is 0. The molecule has 0 radical (unpaired) electrons. The van der Waals surface area contributed by atoms with Gasteiger partial charge in [0.15, 0.2) is 0 Å². The van der Waals surface area contributed by atoms with E-state index >= 15 is 0 Å². The van der Waals surface area contributed by atoms with Gasteiger partial charge in [-0.25, -0.2) is 8.78 Å². The molecule has 0 bridgehead atoms. The summed E-state index contributed by atoms with van der Waals surface area (Å²) in [6, 6.07) is -0.403. The van der Waals surface area contributed by atoms with Gasteiger partial charge in [-0.1, -0.05) is 0 Å². The topological polar surface area (TPSA) is 52.6 Å². The molecule has 1 aliphatic carbocycles. The Bertz CT molecular complexity index is 235. The molecule has 2 N–H and O–H groups in total. The molecule has 1 fully saturated rings. The largest absolute Gasteiger partial charge is 0.395 e. The number of alkyl halides is 2. The van der Waals surface area contributed by atoms with Crippen molar-refractivity contribution in [1.29, 1.82) is 0 Å². The Balaban J connectivity index is 2.43. The molecular formula is C10H18F2N2O2. The molecular weight excluding hydrogens is 218 g/mol. The molecule has 1 saturated carbocycles. The number of carbonyl (C=O) groups is 1. The first-order valence-electron chi connectivity index (χ1n) is 5.48. The lowest BCUT2D eigenvalue weighted by molar-refractivity contribution is -0.126. The van der Waals surface area contributed by atoms with Crippen molar-refractivity contribution in [2.24, 2.45) is 0 Å². The van der Waals surface area contributed by atoms with Crippen LogP contribution in [0.4, 0.5) is 8.78 Å². The van der Waals surface area contributed by atoms with E-state index in [-0.39, 0.29) is 25.1 Å². The zero-order valence-corrected chi connectivity index (χ0v) is 9.33. The Labute approximate surface area is 93.6 Å². The van der Waals surface area contributed by atoms with Crippen molar-refractivity contribution in [3.05, 3.63) is 0 Å². The highest BCUT2D eigenvalue weighted by Gasteiger charge is 2.29. The van der Waals surface area contributed by atoms with Crippen molar-refractivity contribution < 1.29 is 18.7 Å². The molecule has 1 rings (SSSR count). The van der Waals surface area contributed by atoms with Gasteiger partial charge in [0.2, 0.25) is 5.91 Å². The Morgan fingerprint density at radius 1 is 1.56 bits per heavy atom. The van der Waals surface area contributed by atoms with Gasteiger partial charge in [0.1, 0.15) is 0 Å². The molecule has 1 atom stereocenters. The van der Waals surface area contributed by atoms with E-state index in [9.17, 15) is 13.6 Å². The van der Waals surface area contributed by atoms with Crippen molar-refractivity contribution in [2.45, 2.75) is 38.3 Å². The minimum atomic E-state index is -2.50. The number of carbonyl (C=O) groups excluding carboxylic acids is 1. The second kappa shape index (κ2) is 6.10. The van der Waals surface area contributed by atoms with Crippen LogP contribution in [0.25, 0.3) is 0 Å². The average Bonchev–Trinajstić information content (AvgIpc) is 2.99. The third kappa shape index (κ3) is 4.40. The number of aliphatic hydroxyl groups excluding tert-OH is 1. The summed E-state index contributed by atoms with van der Waals surface area (Å²) in [5.74, 6) is -0.239. The van der Waals surface area contributed by atoms with Crippen molar-refractivity contribution in [1.82, 2.24) is 10.2 Å². The number of amides is 1. The number of aliphatic hydroxyl groups is 1. The number of nitrogens with zero attached hydrogens (tertiary/aromatic N) is 1. The lowest BCUT2D eigenvalue weighted by atomic mass is 10.2. The Morgan fingerprint density at radius 2 is 2.19 bits per heavy atom. The molecule has 0 aromatic heterocycles. The Hall–Kier alpha value is -0.750. The number of hydrogen-bond donors (Lipinski definition) is 2. The Morgan fingerprint density at radius 3 is 2.62 bits per heavy atom. The molecule has 1 amide bonds. The third-order valence-corrected chi connectivity index (χ3v) is 2.61. The number of rotatable bonds is 7. The fourth-order valence-corrected chi connectivity index (χ4v) is 1.46. The van der Waals surface area contributed by atoms with Gasteiger partial charge < -0.3 is 10.4 Å². The highest BCUT2D eigenvalue weighted by atomic mass is 19.3. The second-order valence-electron chi connectivity index (χ2n) is 4.07. The first-order valence-corrected chi connectivity index (χ1v) is 5.48. The summed E-state index contributed by atoms with van der Waals surface area (Å²) in [5, 5.41) is 11.5. The van der Waals surface area contributed by atoms with Crippen LogP contribution in [0.3, 0.4) is 0 Å². The minimum absolute atomic E-state index is 0.0869. The summed E-state index contributed by atoms with van der Waals surface area (Å²) >= 11 is 0. The van der Waals surface area contributed by atoms with Crippen LogP contribution < -0.4 is 5.32 Å². The standard InChI is InChI=1S/C10H18F2N2O2/c1-7(10(16)13-8-2-3-8)14(4-5-15)6-9(11)12/h7-9,15H,2-6H2,1H3,(H,13,16). The molecule has 1 unspecified atom stereocenters. The highest BCUT2D eigenvalue weighted by Crippen LogP contribution is 2.19. The molecule has 0 aromatic rings. The molecule has 0 aromatic carbocycles. The van der Waals surface area contributed by atoms with Crippen molar-refractivity contribution in [2.75, 3.05) is 19.7 Å². The Kier molecular flexibility index (Phi) is 5.08. The monoisotopic (exact) mass is 236 g/mol. The van der Waals surface area contributed by atoms with E-state index in [1.165, 1.54) is 4.90 Å². The molecule has 0 spiro atoms. The van der Waals surface area contributed by atoms with Gasteiger partial charge in [0.05, 0.1) is 19.2 Å². The highest BCUT2D eigenvalue weighted by molar-refractivity contribution is 5.81. The third-order valence-electron chi connectivity index (χ3n) is 2.61. The van der Waals surface area contributed by atoms with Crippen LogP contribution in [0.5, 0.6) is 0 Å². The van der Waals surface area contributed by atoms with Gasteiger partial charge in [-0.3, -0.25) is 9.69 Å². The van der Waals surface area contributed by atoms with Gasteiger partial charge in [0, 0.05) is 12.6 Å². The van der Waals surface area contributed by atoms with Crippen LogP contribution in [0.15, 0.2) is 0 Å². The van der Waals surface area contributed by atoms with E-state index in [0.29, 0.717) is 0 Å². The molecule has 1 aliphatic rings. The zero-order valence-electron chi connectivity index (χ0n) is 9.33. The van der Waals surface area contributed by atoms with E-state index in [1.807, 2.05) is 0 Å². The summed E-state index contributed by atoms with van der Waals surface area (Å²) < 4.78 is 24.5. The molecule has 0 aliphatic heterocycles. The number of halogens is 2. The van der Waals surface area contributed by atoms with Crippen LogP contribution >= 0.6 is 0 Å². The van der Waals surface area contributed by atoms with E-state index in [1.54, 1.807) is 6.92 Å². The van der Waals surface area contributed by atoms with Crippen LogP contribution in [-0.2, 0) is 4.79 Å². The van der Waals surface area contributed by atoms with Crippen LogP contribution in [0.1, 0.15) is 19.8 Å². The van der Waals surface area contributed by atoms with E-state index in [2.05, 4.69) is 5.32 Å². The minimum Gasteiger partial charge on any atom is -0.395 e. The average molecular weight is 236 g/mol. The fraction of sp³-hybridized carbons (Fsp3) is 0.900. The fourth-order valence-electron chi connectivity index (χ4n) is 1.46. The summed E-state index contributed by atoms with van der Waals surface area (Å²) in [6.07, 6.45) is -0.566. The first-order chi connectivity index (χ1) is 7.54. The van der Waals surface area contributed by atoms with Gasteiger partial charge in [-0.2, -0.15) is 0 Å². The molecule has 0 saturated heterocycles. The van der Waals surface area contributed by atoms with Crippen molar-refractivity contribution in [3.8, 4) is 0 Å². The first kappa shape index (κ1) is 13.3. The molecule has 0 heterocycles. The number of nitrogens with one attached hydrogen (secondary N) is 1. The lowest BCUT2D eigenvalue weighted by Crippen LogP contribution is -2.48. The van der Waals surface area contributed by atoms with E-state index in [0.717, 1.165) is 12.8 Å². The van der Waals surface area contributed by atoms with Crippen molar-refractivity contribution >= 4 is 5.91 Å². The van der Waals surface area contributed by atoms with Crippen LogP contribution in [0, 0.1) is 0 Å². The van der Waals surface area contributed by atoms with Gasteiger partial charge in [-0.05, 0) is 19.8 Å². The maximum atomic E-state index is 12.3. The van der Waals surface area contributed by atoms with Crippen LogP contribution in [-0.4, -0.2) is 54.1 Å². The predicted molar refractivity (Wildman–Crippen MR) is 55.3 cm³/mol. The molecule has 16 heavy (non-hydrogen) atoms. The normalized spacial score (nSPS) is 17.9. The van der Waals surface area contributed by atoms with Gasteiger partial charge >= 0.3 is 0 Å². The van der Waals surface area contributed by atoms with E-state index < -0.39 is 19.0 Å². The molecule has 4 nitrogen and oxygen atoms in total. The molecule has 94 valence electrons. The summed E-state index contributed by atoms with van der Waals surface area (Å²) in [4.78, 5) is 12.9. The maximum Gasteiger partial charge on any atom is 0.251 e. The summed E-state index contributed by atoms with van der Waals surface area (Å²) in [6.45, 7) is 0.951. The lowest BCUT2D eigenvalue weighted by Gasteiger charge is -2.27. The summed E-state index contributed by atoms with van der Waals surface area (Å²) in [5.41, 5.74) is 0. The van der Waals surface area contributed by atoms with Crippen molar-refractivity contribution in [3.63, 3.8) is 0 Å². The van der Waals surface area contributed by atoms with Gasteiger partial charge in [0.25, 0.3) is 6.43 Å². The van der Waals surface area contributed by atoms with Gasteiger partial charge in [-0.15, -0.1) is 0 Å². The SMILES string of the molecule is CC(C(=O)NC1CC1)N(CCO)CC(F)F. The number of hydrogen-bond acceptors (Lipinski definition) is 3. The maximum absolute atomic E-state index is 12.3.